The van der Waals surface area contributed by atoms with Crippen molar-refractivity contribution in [2.24, 2.45) is 0 Å². The molecule has 0 aliphatic heterocycles. The molecule has 0 radical (unpaired) electrons. The summed E-state index contributed by atoms with van der Waals surface area (Å²) in [6.45, 7) is 2.07. The largest absolute Gasteiger partial charge is 0.397 e. The molecule has 0 amide bonds. The van der Waals surface area contributed by atoms with Gasteiger partial charge in [0.25, 0.3) is 0 Å². The summed E-state index contributed by atoms with van der Waals surface area (Å²) in [6, 6.07) is 10.1. The molecule has 1 nitrogen and oxygen atoms in total. The van der Waals surface area contributed by atoms with Gasteiger partial charge < -0.3 is 5.73 Å². The molecule has 2 N–H and O–H groups in total. The SMILES string of the molecule is Cc1cc(S)c(N)c2ccccc12. The van der Waals surface area contributed by atoms with Crippen LogP contribution in [0.2, 0.25) is 0 Å². The minimum atomic E-state index is 0.768. The second-order valence-electron chi connectivity index (χ2n) is 3.17. The van der Waals surface area contributed by atoms with Crippen molar-refractivity contribution >= 4 is 29.1 Å². The van der Waals surface area contributed by atoms with Crippen LogP contribution in [0.15, 0.2) is 35.2 Å². The maximum absolute atomic E-state index is 5.91. The molecule has 66 valence electrons. The lowest BCUT2D eigenvalue weighted by Gasteiger charge is -2.07. The van der Waals surface area contributed by atoms with Gasteiger partial charge in [0.15, 0.2) is 0 Å². The minimum absolute atomic E-state index is 0.768. The third kappa shape index (κ3) is 1.27. The molecule has 0 saturated carbocycles. The number of thiol groups is 1. The van der Waals surface area contributed by atoms with Crippen molar-refractivity contribution in [3.05, 3.63) is 35.9 Å². The Balaban J connectivity index is 2.97. The summed E-state index contributed by atoms with van der Waals surface area (Å²) in [7, 11) is 0. The Morgan fingerprint density at radius 2 is 1.77 bits per heavy atom. The van der Waals surface area contributed by atoms with Crippen molar-refractivity contribution < 1.29 is 0 Å². The Kier molecular flexibility index (Phi) is 1.93. The van der Waals surface area contributed by atoms with Gasteiger partial charge in [-0.3, -0.25) is 0 Å². The first-order valence-electron chi connectivity index (χ1n) is 4.17. The van der Waals surface area contributed by atoms with E-state index >= 15 is 0 Å². The topological polar surface area (TPSA) is 26.0 Å². The summed E-state index contributed by atoms with van der Waals surface area (Å²) in [5.74, 6) is 0. The van der Waals surface area contributed by atoms with Gasteiger partial charge in [-0.15, -0.1) is 12.6 Å². The van der Waals surface area contributed by atoms with Crippen LogP contribution in [-0.4, -0.2) is 0 Å². The molecule has 0 aliphatic rings. The lowest BCUT2D eigenvalue weighted by Crippen LogP contribution is -1.90. The number of hydrogen-bond donors (Lipinski definition) is 2. The first-order valence-corrected chi connectivity index (χ1v) is 4.61. The normalized spacial score (nSPS) is 10.6. The van der Waals surface area contributed by atoms with Gasteiger partial charge in [-0.2, -0.15) is 0 Å². The van der Waals surface area contributed by atoms with E-state index < -0.39 is 0 Å². The van der Waals surface area contributed by atoms with Gasteiger partial charge in [0.2, 0.25) is 0 Å². The first-order chi connectivity index (χ1) is 6.20. The van der Waals surface area contributed by atoms with Crippen molar-refractivity contribution in [2.75, 3.05) is 5.73 Å². The molecule has 2 heteroatoms. The zero-order valence-electron chi connectivity index (χ0n) is 7.41. The number of anilines is 1. The number of fused-ring (bicyclic) bond motifs is 1. The van der Waals surface area contributed by atoms with Gasteiger partial charge in [0.1, 0.15) is 0 Å². The van der Waals surface area contributed by atoms with E-state index in [1.54, 1.807) is 0 Å². The van der Waals surface area contributed by atoms with Crippen molar-refractivity contribution in [1.82, 2.24) is 0 Å². The van der Waals surface area contributed by atoms with E-state index in [1.807, 2.05) is 24.3 Å². The monoisotopic (exact) mass is 189 g/mol. The predicted octanol–water partition coefficient (Wildman–Crippen LogP) is 3.02. The average Bonchev–Trinajstić information content (AvgIpc) is 2.15. The molecular weight excluding hydrogens is 178 g/mol. The fourth-order valence-corrected chi connectivity index (χ4v) is 1.87. The van der Waals surface area contributed by atoms with Gasteiger partial charge >= 0.3 is 0 Å². The van der Waals surface area contributed by atoms with Gasteiger partial charge in [-0.1, -0.05) is 24.3 Å². The van der Waals surface area contributed by atoms with Crippen LogP contribution in [-0.2, 0) is 0 Å². The Morgan fingerprint density at radius 1 is 1.15 bits per heavy atom. The van der Waals surface area contributed by atoms with Crippen LogP contribution in [0.1, 0.15) is 5.56 Å². The second kappa shape index (κ2) is 2.96. The molecule has 2 aromatic rings. The molecule has 2 aromatic carbocycles. The fraction of sp³-hybridized carbons (Fsp3) is 0.0909. The Hall–Kier alpha value is -1.15. The predicted molar refractivity (Wildman–Crippen MR) is 60.3 cm³/mol. The smallest absolute Gasteiger partial charge is 0.0529 e. The Morgan fingerprint density at radius 3 is 2.46 bits per heavy atom. The summed E-state index contributed by atoms with van der Waals surface area (Å²) in [5.41, 5.74) is 7.90. The molecular formula is C11H11NS. The van der Waals surface area contributed by atoms with E-state index in [9.17, 15) is 0 Å². The molecule has 0 atom stereocenters. The third-order valence-corrected chi connectivity index (χ3v) is 2.64. The molecule has 2 rings (SSSR count). The highest BCUT2D eigenvalue weighted by Crippen LogP contribution is 2.29. The third-order valence-electron chi connectivity index (χ3n) is 2.27. The van der Waals surface area contributed by atoms with Crippen molar-refractivity contribution in [1.29, 1.82) is 0 Å². The average molecular weight is 189 g/mol. The highest BCUT2D eigenvalue weighted by molar-refractivity contribution is 7.80. The summed E-state index contributed by atoms with van der Waals surface area (Å²) >= 11 is 4.32. The van der Waals surface area contributed by atoms with Gasteiger partial charge in [0.05, 0.1) is 5.69 Å². The molecule has 0 spiro atoms. The molecule has 0 heterocycles. The minimum Gasteiger partial charge on any atom is -0.397 e. The van der Waals surface area contributed by atoms with E-state index in [4.69, 9.17) is 5.73 Å². The Bertz CT molecular complexity index is 463. The quantitative estimate of drug-likeness (QED) is 0.483. The zero-order chi connectivity index (χ0) is 9.42. The van der Waals surface area contributed by atoms with Crippen LogP contribution < -0.4 is 5.73 Å². The first kappa shape index (κ1) is 8.45. The lowest BCUT2D eigenvalue weighted by atomic mass is 10.0. The molecule has 0 bridgehead atoms. The number of rotatable bonds is 0. The summed E-state index contributed by atoms with van der Waals surface area (Å²) in [4.78, 5) is 0.858. The van der Waals surface area contributed by atoms with Crippen LogP contribution in [0.5, 0.6) is 0 Å². The number of nitrogen functional groups attached to an aromatic ring is 1. The van der Waals surface area contributed by atoms with Crippen LogP contribution in [0, 0.1) is 6.92 Å². The van der Waals surface area contributed by atoms with E-state index in [2.05, 4.69) is 25.6 Å². The zero-order valence-corrected chi connectivity index (χ0v) is 8.31. The van der Waals surface area contributed by atoms with Crippen molar-refractivity contribution in [3.8, 4) is 0 Å². The maximum Gasteiger partial charge on any atom is 0.0529 e. The summed E-state index contributed by atoms with van der Waals surface area (Å²) in [6.07, 6.45) is 0. The standard InChI is InChI=1S/C11H11NS/c1-7-6-10(13)11(12)9-5-3-2-4-8(7)9/h2-6,13H,12H2,1H3. The number of nitrogens with two attached hydrogens (primary N) is 1. The number of hydrogen-bond acceptors (Lipinski definition) is 2. The highest BCUT2D eigenvalue weighted by atomic mass is 32.1. The summed E-state index contributed by atoms with van der Waals surface area (Å²) < 4.78 is 0. The molecule has 0 fully saturated rings. The van der Waals surface area contributed by atoms with Crippen molar-refractivity contribution in [3.63, 3.8) is 0 Å². The van der Waals surface area contributed by atoms with Gasteiger partial charge in [0, 0.05) is 10.3 Å². The van der Waals surface area contributed by atoms with Gasteiger partial charge in [-0.05, 0) is 23.9 Å². The van der Waals surface area contributed by atoms with E-state index in [1.165, 1.54) is 10.9 Å². The molecule has 0 aliphatic carbocycles. The maximum atomic E-state index is 5.91. The molecule has 13 heavy (non-hydrogen) atoms. The van der Waals surface area contributed by atoms with E-state index in [-0.39, 0.29) is 0 Å². The van der Waals surface area contributed by atoms with Crippen LogP contribution in [0.3, 0.4) is 0 Å². The number of aryl methyl sites for hydroxylation is 1. The Labute approximate surface area is 83.0 Å². The molecule has 0 unspecified atom stereocenters. The lowest BCUT2D eigenvalue weighted by molar-refractivity contribution is 1.42. The number of benzene rings is 2. The fourth-order valence-electron chi connectivity index (χ4n) is 1.56. The molecule has 0 aromatic heterocycles. The van der Waals surface area contributed by atoms with Crippen molar-refractivity contribution in [2.45, 2.75) is 11.8 Å². The van der Waals surface area contributed by atoms with E-state index in [0.717, 1.165) is 16.0 Å². The highest BCUT2D eigenvalue weighted by Gasteiger charge is 2.03. The van der Waals surface area contributed by atoms with E-state index in [0.29, 0.717) is 0 Å². The van der Waals surface area contributed by atoms with Crippen LogP contribution in [0.4, 0.5) is 5.69 Å². The second-order valence-corrected chi connectivity index (χ2v) is 3.65. The molecule has 0 saturated heterocycles. The van der Waals surface area contributed by atoms with Gasteiger partial charge in [-0.25, -0.2) is 0 Å². The van der Waals surface area contributed by atoms with Crippen LogP contribution in [0.25, 0.3) is 10.8 Å². The van der Waals surface area contributed by atoms with Crippen LogP contribution >= 0.6 is 12.6 Å². The summed E-state index contributed by atoms with van der Waals surface area (Å²) in [5, 5.41) is 2.30.